The number of carbonyl (C=O) groups is 1. The van der Waals surface area contributed by atoms with Gasteiger partial charge in [-0.15, -0.1) is 0 Å². The Balaban J connectivity index is 1.90. The standard InChI is InChI=1S/C12H16N2O3S2/c1-8-12(15)14(10-3-5-19(16,17)7-10)11(13-8)9-2-4-18-6-9/h2,4,6,8,10-11,13H,3,5,7H2,1H3. The summed E-state index contributed by atoms with van der Waals surface area (Å²) in [6.45, 7) is 1.82. The minimum Gasteiger partial charge on any atom is -0.317 e. The number of sulfone groups is 1. The Kier molecular flexibility index (Phi) is 3.15. The van der Waals surface area contributed by atoms with E-state index in [1.54, 1.807) is 16.2 Å². The van der Waals surface area contributed by atoms with Gasteiger partial charge in [0.25, 0.3) is 0 Å². The van der Waals surface area contributed by atoms with E-state index in [4.69, 9.17) is 0 Å². The molecule has 7 heteroatoms. The molecule has 1 aromatic heterocycles. The lowest BCUT2D eigenvalue weighted by molar-refractivity contribution is -0.131. The number of thiophene rings is 1. The van der Waals surface area contributed by atoms with E-state index in [0.29, 0.717) is 6.42 Å². The van der Waals surface area contributed by atoms with Crippen molar-refractivity contribution in [2.75, 3.05) is 11.5 Å². The van der Waals surface area contributed by atoms with E-state index in [1.165, 1.54) is 0 Å². The molecular weight excluding hydrogens is 284 g/mol. The van der Waals surface area contributed by atoms with Crippen molar-refractivity contribution in [3.63, 3.8) is 0 Å². The van der Waals surface area contributed by atoms with Gasteiger partial charge < -0.3 is 4.90 Å². The van der Waals surface area contributed by atoms with Crippen LogP contribution < -0.4 is 5.32 Å². The molecule has 0 radical (unpaired) electrons. The summed E-state index contributed by atoms with van der Waals surface area (Å²) in [6.07, 6.45) is 0.357. The lowest BCUT2D eigenvalue weighted by Crippen LogP contribution is -2.40. The van der Waals surface area contributed by atoms with Crippen LogP contribution in [0.15, 0.2) is 16.8 Å². The van der Waals surface area contributed by atoms with Gasteiger partial charge in [-0.05, 0) is 35.7 Å². The third-order valence-corrected chi connectivity index (χ3v) is 6.22. The molecule has 19 heavy (non-hydrogen) atoms. The maximum absolute atomic E-state index is 12.3. The molecule has 1 aromatic rings. The molecule has 3 heterocycles. The number of hydrogen-bond donors (Lipinski definition) is 1. The monoisotopic (exact) mass is 300 g/mol. The summed E-state index contributed by atoms with van der Waals surface area (Å²) in [7, 11) is -2.99. The van der Waals surface area contributed by atoms with E-state index in [-0.39, 0.29) is 35.7 Å². The summed E-state index contributed by atoms with van der Waals surface area (Å²) in [5.74, 6) is 0.276. The molecule has 5 nitrogen and oxygen atoms in total. The Morgan fingerprint density at radius 1 is 1.47 bits per heavy atom. The highest BCUT2D eigenvalue weighted by Gasteiger charge is 2.44. The van der Waals surface area contributed by atoms with Crippen LogP contribution in [0.5, 0.6) is 0 Å². The van der Waals surface area contributed by atoms with Gasteiger partial charge in [0.05, 0.1) is 17.5 Å². The van der Waals surface area contributed by atoms with Crippen LogP contribution in [0, 0.1) is 0 Å². The third-order valence-electron chi connectivity index (χ3n) is 3.77. The first-order chi connectivity index (χ1) is 8.98. The topological polar surface area (TPSA) is 66.5 Å². The number of hydrogen-bond acceptors (Lipinski definition) is 5. The van der Waals surface area contributed by atoms with Gasteiger partial charge in [-0.25, -0.2) is 8.42 Å². The first kappa shape index (κ1) is 13.1. The van der Waals surface area contributed by atoms with Crippen LogP contribution in [-0.4, -0.2) is 42.8 Å². The lowest BCUT2D eigenvalue weighted by atomic mass is 10.1. The minimum atomic E-state index is -2.99. The summed E-state index contributed by atoms with van der Waals surface area (Å²) in [6, 6.07) is 1.53. The zero-order valence-electron chi connectivity index (χ0n) is 10.6. The molecule has 3 unspecified atom stereocenters. The molecule has 104 valence electrons. The molecular formula is C12H16N2O3S2. The number of amides is 1. The van der Waals surface area contributed by atoms with Gasteiger partial charge in [0, 0.05) is 6.04 Å². The second-order valence-electron chi connectivity index (χ2n) is 5.15. The second-order valence-corrected chi connectivity index (χ2v) is 8.16. The summed E-state index contributed by atoms with van der Waals surface area (Å²) >= 11 is 1.58. The normalized spacial score (nSPS) is 34.1. The fourth-order valence-electron chi connectivity index (χ4n) is 2.81. The van der Waals surface area contributed by atoms with E-state index in [0.717, 1.165) is 5.56 Å². The lowest BCUT2D eigenvalue weighted by Gasteiger charge is -2.29. The second kappa shape index (κ2) is 4.57. The Morgan fingerprint density at radius 2 is 2.26 bits per heavy atom. The number of rotatable bonds is 2. The van der Waals surface area contributed by atoms with Gasteiger partial charge in [0.1, 0.15) is 6.17 Å². The minimum absolute atomic E-state index is 0.00157. The Bertz CT molecular complexity index is 582. The Labute approximate surface area is 116 Å². The van der Waals surface area contributed by atoms with E-state index in [9.17, 15) is 13.2 Å². The van der Waals surface area contributed by atoms with Crippen LogP contribution in [0.25, 0.3) is 0 Å². The zero-order valence-corrected chi connectivity index (χ0v) is 12.2. The van der Waals surface area contributed by atoms with E-state index in [1.807, 2.05) is 23.8 Å². The molecule has 1 N–H and O–H groups in total. The highest BCUT2D eigenvalue weighted by atomic mass is 32.2. The van der Waals surface area contributed by atoms with Crippen molar-refractivity contribution in [2.45, 2.75) is 31.6 Å². The predicted octanol–water partition coefficient (Wildman–Crippen LogP) is 0.754. The highest BCUT2D eigenvalue weighted by Crippen LogP contribution is 2.32. The molecule has 3 atom stereocenters. The molecule has 0 spiro atoms. The molecule has 1 amide bonds. The summed E-state index contributed by atoms with van der Waals surface area (Å²) in [5, 5.41) is 7.21. The van der Waals surface area contributed by atoms with Gasteiger partial charge in [-0.3, -0.25) is 10.1 Å². The average molecular weight is 300 g/mol. The Morgan fingerprint density at radius 3 is 2.84 bits per heavy atom. The van der Waals surface area contributed by atoms with E-state index < -0.39 is 9.84 Å². The van der Waals surface area contributed by atoms with Crippen molar-refractivity contribution < 1.29 is 13.2 Å². The van der Waals surface area contributed by atoms with Crippen LogP contribution in [0.3, 0.4) is 0 Å². The van der Waals surface area contributed by atoms with Gasteiger partial charge in [-0.1, -0.05) is 0 Å². The van der Waals surface area contributed by atoms with Crippen molar-refractivity contribution in [3.8, 4) is 0 Å². The summed E-state index contributed by atoms with van der Waals surface area (Å²) in [4.78, 5) is 14.0. The van der Waals surface area contributed by atoms with Gasteiger partial charge in [-0.2, -0.15) is 11.3 Å². The molecule has 0 aromatic carbocycles. The van der Waals surface area contributed by atoms with Crippen molar-refractivity contribution in [1.82, 2.24) is 10.2 Å². The first-order valence-electron chi connectivity index (χ1n) is 6.29. The average Bonchev–Trinajstić information content (AvgIpc) is 3.01. The smallest absolute Gasteiger partial charge is 0.241 e. The molecule has 2 aliphatic heterocycles. The van der Waals surface area contributed by atoms with Crippen LogP contribution in [-0.2, 0) is 14.6 Å². The molecule has 0 aliphatic carbocycles. The fourth-order valence-corrected chi connectivity index (χ4v) is 5.20. The molecule has 2 saturated heterocycles. The van der Waals surface area contributed by atoms with Crippen LogP contribution in [0.4, 0.5) is 0 Å². The van der Waals surface area contributed by atoms with Crippen molar-refractivity contribution in [3.05, 3.63) is 22.4 Å². The number of nitrogens with one attached hydrogen (secondary N) is 1. The summed E-state index contributed by atoms with van der Waals surface area (Å²) in [5.41, 5.74) is 1.03. The largest absolute Gasteiger partial charge is 0.317 e. The van der Waals surface area contributed by atoms with E-state index in [2.05, 4.69) is 5.32 Å². The van der Waals surface area contributed by atoms with E-state index >= 15 is 0 Å². The quantitative estimate of drug-likeness (QED) is 0.875. The Hall–Kier alpha value is -0.920. The molecule has 2 aliphatic rings. The SMILES string of the molecule is CC1NC(c2ccsc2)N(C2CCS(=O)(=O)C2)C1=O. The van der Waals surface area contributed by atoms with Crippen molar-refractivity contribution in [2.24, 2.45) is 0 Å². The molecule has 2 fully saturated rings. The zero-order chi connectivity index (χ0) is 13.6. The van der Waals surface area contributed by atoms with Crippen molar-refractivity contribution >= 4 is 27.1 Å². The molecule has 3 rings (SSSR count). The maximum Gasteiger partial charge on any atom is 0.241 e. The van der Waals surface area contributed by atoms with Gasteiger partial charge in [0.15, 0.2) is 9.84 Å². The predicted molar refractivity (Wildman–Crippen MR) is 73.6 cm³/mol. The number of carbonyl (C=O) groups excluding carboxylic acids is 1. The highest BCUT2D eigenvalue weighted by molar-refractivity contribution is 7.91. The fraction of sp³-hybridized carbons (Fsp3) is 0.583. The van der Waals surface area contributed by atoms with Crippen LogP contribution in [0.1, 0.15) is 25.1 Å². The van der Waals surface area contributed by atoms with Crippen LogP contribution in [0.2, 0.25) is 0 Å². The third kappa shape index (κ3) is 2.30. The van der Waals surface area contributed by atoms with Crippen LogP contribution >= 0.6 is 11.3 Å². The number of nitrogens with zero attached hydrogens (tertiary/aromatic N) is 1. The van der Waals surface area contributed by atoms with Crippen molar-refractivity contribution in [1.29, 1.82) is 0 Å². The molecule has 0 saturated carbocycles. The molecule has 0 bridgehead atoms. The summed E-state index contributed by atoms with van der Waals surface area (Å²) < 4.78 is 23.2. The van der Waals surface area contributed by atoms with Gasteiger partial charge >= 0.3 is 0 Å². The first-order valence-corrected chi connectivity index (χ1v) is 9.05. The van der Waals surface area contributed by atoms with Gasteiger partial charge in [0.2, 0.25) is 5.91 Å². The maximum atomic E-state index is 12.3.